The molecular weight excluding hydrogens is 221 g/mol. The summed E-state index contributed by atoms with van der Waals surface area (Å²) in [5, 5.41) is 0. The number of hydrogen-bond acceptors (Lipinski definition) is 3. The van der Waals surface area contributed by atoms with E-state index in [4.69, 9.17) is 15.2 Å². The van der Waals surface area contributed by atoms with Crippen LogP contribution in [0.1, 0.15) is 31.2 Å². The van der Waals surface area contributed by atoms with Crippen molar-refractivity contribution in [2.75, 3.05) is 13.2 Å². The van der Waals surface area contributed by atoms with Crippen LogP contribution in [0.4, 0.5) is 4.39 Å². The van der Waals surface area contributed by atoms with Gasteiger partial charge >= 0.3 is 0 Å². The van der Waals surface area contributed by atoms with E-state index in [2.05, 4.69) is 0 Å². The molecule has 0 unspecified atom stereocenters. The van der Waals surface area contributed by atoms with E-state index in [0.29, 0.717) is 19.0 Å². The van der Waals surface area contributed by atoms with Crippen molar-refractivity contribution >= 4 is 0 Å². The third kappa shape index (κ3) is 1.76. The fourth-order valence-electron chi connectivity index (χ4n) is 2.36. The van der Waals surface area contributed by atoms with E-state index in [1.807, 2.05) is 6.07 Å². The lowest BCUT2D eigenvalue weighted by Gasteiger charge is -2.38. The Morgan fingerprint density at radius 2 is 1.88 bits per heavy atom. The zero-order chi connectivity index (χ0) is 11.9. The Morgan fingerprint density at radius 3 is 2.59 bits per heavy atom. The summed E-state index contributed by atoms with van der Waals surface area (Å²) >= 11 is 0. The maximum absolute atomic E-state index is 13.9. The largest absolute Gasteiger partial charge is 0.489 e. The quantitative estimate of drug-likeness (QED) is 0.815. The molecule has 1 aliphatic heterocycles. The van der Waals surface area contributed by atoms with Crippen molar-refractivity contribution < 1.29 is 13.9 Å². The van der Waals surface area contributed by atoms with Gasteiger partial charge in [0.25, 0.3) is 0 Å². The molecule has 3 rings (SSSR count). The average molecular weight is 237 g/mol. The van der Waals surface area contributed by atoms with Gasteiger partial charge in [0.15, 0.2) is 17.3 Å². The molecule has 0 atom stereocenters. The molecule has 0 aromatic heterocycles. The Bertz CT molecular complexity index is 443. The van der Waals surface area contributed by atoms with Crippen molar-refractivity contribution in [1.82, 2.24) is 0 Å². The molecule has 1 saturated carbocycles. The van der Waals surface area contributed by atoms with Gasteiger partial charge in [0.1, 0.15) is 0 Å². The van der Waals surface area contributed by atoms with E-state index >= 15 is 0 Å². The Morgan fingerprint density at radius 1 is 1.12 bits per heavy atom. The maximum atomic E-state index is 13.9. The fourth-order valence-corrected chi connectivity index (χ4v) is 2.36. The summed E-state index contributed by atoms with van der Waals surface area (Å²) in [6.45, 7) is 1.06. The lowest BCUT2D eigenvalue weighted by molar-refractivity contribution is 0.250. The molecule has 3 nitrogen and oxygen atoms in total. The third-order valence-corrected chi connectivity index (χ3v) is 3.62. The second kappa shape index (κ2) is 3.88. The van der Waals surface area contributed by atoms with E-state index in [9.17, 15) is 4.39 Å². The molecule has 1 heterocycles. The van der Waals surface area contributed by atoms with E-state index < -0.39 is 0 Å². The number of hydrogen-bond donors (Lipinski definition) is 1. The van der Waals surface area contributed by atoms with Crippen molar-refractivity contribution in [2.24, 2.45) is 5.73 Å². The van der Waals surface area contributed by atoms with Crippen LogP contribution in [0.25, 0.3) is 0 Å². The van der Waals surface area contributed by atoms with Crippen molar-refractivity contribution in [2.45, 2.75) is 31.2 Å². The first-order chi connectivity index (χ1) is 8.19. The van der Waals surface area contributed by atoms with Crippen LogP contribution in [-0.2, 0) is 5.54 Å². The number of halogens is 1. The molecule has 92 valence electrons. The van der Waals surface area contributed by atoms with E-state index in [0.717, 1.165) is 31.2 Å². The van der Waals surface area contributed by atoms with Gasteiger partial charge < -0.3 is 15.2 Å². The summed E-state index contributed by atoms with van der Waals surface area (Å²) in [7, 11) is 0. The second-order valence-electron chi connectivity index (χ2n) is 4.85. The topological polar surface area (TPSA) is 44.5 Å². The molecule has 1 aliphatic carbocycles. The van der Waals surface area contributed by atoms with Crippen LogP contribution >= 0.6 is 0 Å². The molecule has 4 heteroatoms. The summed E-state index contributed by atoms with van der Waals surface area (Å²) in [5.74, 6) is 0.361. The van der Waals surface area contributed by atoms with Gasteiger partial charge in [-0.3, -0.25) is 0 Å². The fraction of sp³-hybridized carbons (Fsp3) is 0.538. The van der Waals surface area contributed by atoms with Crippen LogP contribution in [0.15, 0.2) is 12.1 Å². The standard InChI is InChI=1S/C13H16FNO2/c14-10-7-9(13(15)3-1-4-13)8-11-12(10)17-6-2-5-16-11/h7-8H,1-6,15H2. The van der Waals surface area contributed by atoms with Crippen LogP contribution in [-0.4, -0.2) is 13.2 Å². The molecule has 2 N–H and O–H groups in total. The molecule has 1 aromatic rings. The molecule has 0 amide bonds. The minimum absolute atomic E-state index is 0.231. The summed E-state index contributed by atoms with van der Waals surface area (Å²) in [6.07, 6.45) is 3.70. The predicted octanol–water partition coefficient (Wildman–Crippen LogP) is 2.32. The lowest BCUT2D eigenvalue weighted by Crippen LogP contribution is -2.43. The van der Waals surface area contributed by atoms with Crippen molar-refractivity contribution in [3.8, 4) is 11.5 Å². The first-order valence-corrected chi connectivity index (χ1v) is 6.08. The smallest absolute Gasteiger partial charge is 0.197 e. The van der Waals surface area contributed by atoms with E-state index in [-0.39, 0.29) is 17.1 Å². The van der Waals surface area contributed by atoms with E-state index in [1.165, 1.54) is 6.07 Å². The molecule has 0 spiro atoms. The highest BCUT2D eigenvalue weighted by atomic mass is 19.1. The molecule has 1 aromatic carbocycles. The Balaban J connectivity index is 2.02. The van der Waals surface area contributed by atoms with Crippen LogP contribution in [0.2, 0.25) is 0 Å². The van der Waals surface area contributed by atoms with Gasteiger partial charge in [0.2, 0.25) is 0 Å². The Labute approximate surface area is 99.7 Å². The highest BCUT2D eigenvalue weighted by Gasteiger charge is 2.36. The number of nitrogens with two attached hydrogens (primary N) is 1. The molecular formula is C13H16FNO2. The summed E-state index contributed by atoms with van der Waals surface area (Å²) in [4.78, 5) is 0. The van der Waals surface area contributed by atoms with Crippen LogP contribution in [0.5, 0.6) is 11.5 Å². The first-order valence-electron chi connectivity index (χ1n) is 6.08. The molecule has 17 heavy (non-hydrogen) atoms. The minimum Gasteiger partial charge on any atom is -0.489 e. The van der Waals surface area contributed by atoms with Crippen LogP contribution in [0.3, 0.4) is 0 Å². The summed E-state index contributed by atoms with van der Waals surface area (Å²) in [5.41, 5.74) is 6.66. The highest BCUT2D eigenvalue weighted by molar-refractivity contribution is 5.47. The zero-order valence-corrected chi connectivity index (χ0v) is 9.67. The number of ether oxygens (including phenoxy) is 2. The van der Waals surface area contributed by atoms with Gasteiger partial charge in [-0.15, -0.1) is 0 Å². The zero-order valence-electron chi connectivity index (χ0n) is 9.67. The van der Waals surface area contributed by atoms with Gasteiger partial charge in [0.05, 0.1) is 13.2 Å². The molecule has 0 bridgehead atoms. The van der Waals surface area contributed by atoms with Gasteiger partial charge in [-0.1, -0.05) is 0 Å². The molecule has 0 radical (unpaired) electrons. The maximum Gasteiger partial charge on any atom is 0.197 e. The lowest BCUT2D eigenvalue weighted by atomic mass is 9.72. The van der Waals surface area contributed by atoms with Crippen LogP contribution in [0, 0.1) is 5.82 Å². The Kier molecular flexibility index (Phi) is 2.47. The second-order valence-corrected chi connectivity index (χ2v) is 4.85. The van der Waals surface area contributed by atoms with Crippen LogP contribution < -0.4 is 15.2 Å². The SMILES string of the molecule is NC1(c2cc(F)c3c(c2)OCCCO3)CCC1. The predicted molar refractivity (Wildman–Crippen MR) is 61.7 cm³/mol. The minimum atomic E-state index is -0.370. The number of benzene rings is 1. The number of fused-ring (bicyclic) bond motifs is 1. The van der Waals surface area contributed by atoms with Gasteiger partial charge in [0, 0.05) is 12.0 Å². The summed E-state index contributed by atoms with van der Waals surface area (Å²) in [6, 6.07) is 3.33. The van der Waals surface area contributed by atoms with Crippen molar-refractivity contribution in [1.29, 1.82) is 0 Å². The Hall–Kier alpha value is -1.29. The molecule has 2 aliphatic rings. The highest BCUT2D eigenvalue weighted by Crippen LogP contribution is 2.43. The molecule has 1 fully saturated rings. The first kappa shape index (κ1) is 10.8. The van der Waals surface area contributed by atoms with Gasteiger partial charge in [-0.2, -0.15) is 0 Å². The average Bonchev–Trinajstić information content (AvgIpc) is 2.51. The van der Waals surface area contributed by atoms with Gasteiger partial charge in [-0.25, -0.2) is 4.39 Å². The third-order valence-electron chi connectivity index (χ3n) is 3.62. The molecule has 0 saturated heterocycles. The number of rotatable bonds is 1. The van der Waals surface area contributed by atoms with Crippen molar-refractivity contribution in [3.05, 3.63) is 23.5 Å². The monoisotopic (exact) mass is 237 g/mol. The normalized spacial score (nSPS) is 21.5. The summed E-state index contributed by atoms with van der Waals surface area (Å²) < 4.78 is 24.8. The van der Waals surface area contributed by atoms with E-state index in [1.54, 1.807) is 0 Å². The van der Waals surface area contributed by atoms with Gasteiger partial charge in [-0.05, 0) is 37.0 Å². The van der Waals surface area contributed by atoms with Crippen molar-refractivity contribution in [3.63, 3.8) is 0 Å².